The SMILES string of the molecule is CCNCCS(=O)(=O)NCC1CCCCC1C. The Bertz CT molecular complexity index is 304. The van der Waals surface area contributed by atoms with Crippen LogP contribution in [0.5, 0.6) is 0 Å². The standard InChI is InChI=1S/C12H26N2O2S/c1-3-13-8-9-17(15,16)14-10-12-7-5-4-6-11(12)2/h11-14H,3-10H2,1-2H3. The summed E-state index contributed by atoms with van der Waals surface area (Å²) in [7, 11) is -3.09. The first kappa shape index (κ1) is 14.9. The lowest BCUT2D eigenvalue weighted by Crippen LogP contribution is -2.37. The van der Waals surface area contributed by atoms with Crippen molar-refractivity contribution in [3.05, 3.63) is 0 Å². The van der Waals surface area contributed by atoms with Gasteiger partial charge in [0.2, 0.25) is 10.0 Å². The van der Waals surface area contributed by atoms with Gasteiger partial charge in [-0.3, -0.25) is 0 Å². The minimum atomic E-state index is -3.09. The Balaban J connectivity index is 2.28. The summed E-state index contributed by atoms with van der Waals surface area (Å²) in [5, 5.41) is 3.03. The molecular formula is C12H26N2O2S. The maximum Gasteiger partial charge on any atom is 0.212 e. The molecule has 0 aliphatic heterocycles. The zero-order chi connectivity index (χ0) is 12.7. The van der Waals surface area contributed by atoms with Gasteiger partial charge in [0, 0.05) is 13.1 Å². The Morgan fingerprint density at radius 1 is 1.24 bits per heavy atom. The first-order valence-corrected chi connectivity index (χ1v) is 8.38. The number of sulfonamides is 1. The summed E-state index contributed by atoms with van der Waals surface area (Å²) in [4.78, 5) is 0. The summed E-state index contributed by atoms with van der Waals surface area (Å²) in [5.41, 5.74) is 0. The predicted octanol–water partition coefficient (Wildman–Crippen LogP) is 1.34. The van der Waals surface area contributed by atoms with Crippen LogP contribution in [0.15, 0.2) is 0 Å². The highest BCUT2D eigenvalue weighted by Crippen LogP contribution is 2.28. The maximum atomic E-state index is 11.7. The second kappa shape index (κ2) is 7.34. The predicted molar refractivity (Wildman–Crippen MR) is 71.5 cm³/mol. The van der Waals surface area contributed by atoms with Gasteiger partial charge in [-0.2, -0.15) is 0 Å². The quantitative estimate of drug-likeness (QED) is 0.681. The second-order valence-electron chi connectivity index (χ2n) is 5.04. The van der Waals surface area contributed by atoms with Gasteiger partial charge in [0.25, 0.3) is 0 Å². The zero-order valence-electron chi connectivity index (χ0n) is 11.0. The zero-order valence-corrected chi connectivity index (χ0v) is 11.9. The third-order valence-corrected chi connectivity index (χ3v) is 5.00. The second-order valence-corrected chi connectivity index (χ2v) is 6.97. The fraction of sp³-hybridized carbons (Fsp3) is 1.00. The minimum Gasteiger partial charge on any atom is -0.316 e. The molecule has 0 aromatic carbocycles. The van der Waals surface area contributed by atoms with E-state index in [-0.39, 0.29) is 5.75 Å². The molecule has 2 atom stereocenters. The van der Waals surface area contributed by atoms with Gasteiger partial charge in [0.05, 0.1) is 5.75 Å². The van der Waals surface area contributed by atoms with Crippen LogP contribution in [-0.4, -0.2) is 33.8 Å². The van der Waals surface area contributed by atoms with E-state index in [1.54, 1.807) is 0 Å². The van der Waals surface area contributed by atoms with Crippen LogP contribution in [-0.2, 0) is 10.0 Å². The van der Waals surface area contributed by atoms with Gasteiger partial charge in [-0.05, 0) is 24.8 Å². The smallest absolute Gasteiger partial charge is 0.212 e. The third kappa shape index (κ3) is 5.84. The Labute approximate surface area is 106 Å². The van der Waals surface area contributed by atoms with Crippen LogP contribution in [0, 0.1) is 11.8 Å². The molecule has 0 saturated heterocycles. The van der Waals surface area contributed by atoms with E-state index in [1.807, 2.05) is 6.92 Å². The van der Waals surface area contributed by atoms with Gasteiger partial charge < -0.3 is 5.32 Å². The molecule has 0 aromatic rings. The van der Waals surface area contributed by atoms with Crippen LogP contribution in [0.25, 0.3) is 0 Å². The van der Waals surface area contributed by atoms with E-state index in [1.165, 1.54) is 19.3 Å². The van der Waals surface area contributed by atoms with E-state index >= 15 is 0 Å². The van der Waals surface area contributed by atoms with Crippen molar-refractivity contribution in [2.45, 2.75) is 39.5 Å². The van der Waals surface area contributed by atoms with Gasteiger partial charge in [-0.1, -0.05) is 33.1 Å². The molecule has 0 heterocycles. The van der Waals surface area contributed by atoms with E-state index in [2.05, 4.69) is 17.0 Å². The van der Waals surface area contributed by atoms with Crippen molar-refractivity contribution >= 4 is 10.0 Å². The molecule has 102 valence electrons. The molecule has 17 heavy (non-hydrogen) atoms. The number of hydrogen-bond acceptors (Lipinski definition) is 3. The van der Waals surface area contributed by atoms with E-state index in [4.69, 9.17) is 0 Å². The van der Waals surface area contributed by atoms with Gasteiger partial charge in [0.1, 0.15) is 0 Å². The van der Waals surface area contributed by atoms with E-state index in [0.717, 1.165) is 13.0 Å². The highest BCUT2D eigenvalue weighted by molar-refractivity contribution is 7.89. The molecule has 2 unspecified atom stereocenters. The first-order valence-electron chi connectivity index (χ1n) is 6.73. The fourth-order valence-electron chi connectivity index (χ4n) is 2.39. The van der Waals surface area contributed by atoms with Crippen LogP contribution < -0.4 is 10.0 Å². The van der Waals surface area contributed by atoms with Crippen molar-refractivity contribution in [2.75, 3.05) is 25.4 Å². The molecule has 0 bridgehead atoms. The Hall–Kier alpha value is -0.130. The first-order chi connectivity index (χ1) is 8.05. The van der Waals surface area contributed by atoms with Crippen molar-refractivity contribution in [1.82, 2.24) is 10.0 Å². The van der Waals surface area contributed by atoms with Crippen LogP contribution in [0.4, 0.5) is 0 Å². The molecule has 0 amide bonds. The minimum absolute atomic E-state index is 0.182. The molecule has 1 aliphatic carbocycles. The van der Waals surface area contributed by atoms with Gasteiger partial charge in [-0.15, -0.1) is 0 Å². The molecular weight excluding hydrogens is 236 g/mol. The molecule has 0 spiro atoms. The Morgan fingerprint density at radius 3 is 2.59 bits per heavy atom. The topological polar surface area (TPSA) is 58.2 Å². The average molecular weight is 262 g/mol. The van der Waals surface area contributed by atoms with E-state index in [9.17, 15) is 8.42 Å². The van der Waals surface area contributed by atoms with Crippen LogP contribution in [0.1, 0.15) is 39.5 Å². The average Bonchev–Trinajstić information content (AvgIpc) is 2.28. The van der Waals surface area contributed by atoms with Gasteiger partial charge in [-0.25, -0.2) is 13.1 Å². The molecule has 4 nitrogen and oxygen atoms in total. The number of rotatable bonds is 7. The van der Waals surface area contributed by atoms with Crippen molar-refractivity contribution < 1.29 is 8.42 Å². The van der Waals surface area contributed by atoms with Crippen LogP contribution in [0.3, 0.4) is 0 Å². The van der Waals surface area contributed by atoms with Crippen molar-refractivity contribution in [1.29, 1.82) is 0 Å². The summed E-state index contributed by atoms with van der Waals surface area (Å²) in [6.07, 6.45) is 4.94. The summed E-state index contributed by atoms with van der Waals surface area (Å²) >= 11 is 0. The maximum absolute atomic E-state index is 11.7. The Kier molecular flexibility index (Phi) is 6.44. The molecule has 5 heteroatoms. The molecule has 2 N–H and O–H groups in total. The van der Waals surface area contributed by atoms with E-state index in [0.29, 0.717) is 24.9 Å². The summed E-state index contributed by atoms with van der Waals surface area (Å²) < 4.78 is 26.2. The largest absolute Gasteiger partial charge is 0.316 e. The van der Waals surface area contributed by atoms with E-state index < -0.39 is 10.0 Å². The van der Waals surface area contributed by atoms with Crippen molar-refractivity contribution in [3.63, 3.8) is 0 Å². The van der Waals surface area contributed by atoms with Crippen molar-refractivity contribution in [2.24, 2.45) is 11.8 Å². The molecule has 0 radical (unpaired) electrons. The monoisotopic (exact) mass is 262 g/mol. The molecule has 1 rings (SSSR count). The lowest BCUT2D eigenvalue weighted by atomic mass is 9.81. The summed E-state index contributed by atoms with van der Waals surface area (Å²) in [6, 6.07) is 0. The molecule has 1 saturated carbocycles. The third-order valence-electron chi connectivity index (χ3n) is 3.65. The summed E-state index contributed by atoms with van der Waals surface area (Å²) in [6.45, 7) is 6.18. The van der Waals surface area contributed by atoms with Gasteiger partial charge >= 0.3 is 0 Å². The molecule has 0 aromatic heterocycles. The fourth-order valence-corrected chi connectivity index (χ4v) is 3.41. The molecule has 1 aliphatic rings. The van der Waals surface area contributed by atoms with Crippen molar-refractivity contribution in [3.8, 4) is 0 Å². The Morgan fingerprint density at radius 2 is 1.94 bits per heavy atom. The highest BCUT2D eigenvalue weighted by Gasteiger charge is 2.22. The highest BCUT2D eigenvalue weighted by atomic mass is 32.2. The van der Waals surface area contributed by atoms with Crippen LogP contribution >= 0.6 is 0 Å². The van der Waals surface area contributed by atoms with Gasteiger partial charge in [0.15, 0.2) is 0 Å². The number of hydrogen-bond donors (Lipinski definition) is 2. The molecule has 1 fully saturated rings. The lowest BCUT2D eigenvalue weighted by Gasteiger charge is -2.28. The summed E-state index contributed by atoms with van der Waals surface area (Å²) in [5.74, 6) is 1.36. The normalized spacial score (nSPS) is 26.0. The van der Waals surface area contributed by atoms with Crippen LogP contribution in [0.2, 0.25) is 0 Å². The number of nitrogens with one attached hydrogen (secondary N) is 2. The lowest BCUT2D eigenvalue weighted by molar-refractivity contribution is 0.257.